The van der Waals surface area contributed by atoms with Gasteiger partial charge in [0.1, 0.15) is 0 Å². The van der Waals surface area contributed by atoms with Gasteiger partial charge in [0.05, 0.1) is 5.69 Å². The van der Waals surface area contributed by atoms with Crippen LogP contribution >= 0.6 is 31.9 Å². The molecule has 1 heterocycles. The topological polar surface area (TPSA) is 37.4 Å². The number of Topliss-reactive ketones (excluding diaryl/α,β-unsaturated/α-hetero) is 1. The lowest BCUT2D eigenvalue weighted by molar-refractivity contribution is -0.133. The fraction of sp³-hybridized carbons (Fsp3) is 0.200. The summed E-state index contributed by atoms with van der Waals surface area (Å²) < 4.78 is 1.73. The Balaban J connectivity index is 2.38. The molecule has 1 saturated heterocycles. The average Bonchev–Trinajstić information content (AvgIpc) is 2.49. The maximum Gasteiger partial charge on any atom is 0.294 e. The van der Waals surface area contributed by atoms with Crippen LogP contribution in [0, 0.1) is 0 Å². The van der Waals surface area contributed by atoms with Crippen molar-refractivity contribution in [2.45, 2.75) is 6.42 Å². The smallest absolute Gasteiger partial charge is 0.294 e. The zero-order valence-corrected chi connectivity index (χ0v) is 10.8. The van der Waals surface area contributed by atoms with Gasteiger partial charge in [0.2, 0.25) is 5.78 Å². The number of carbonyl (C=O) groups is 2. The fourth-order valence-corrected chi connectivity index (χ4v) is 2.76. The Morgan fingerprint density at radius 1 is 1.20 bits per heavy atom. The second kappa shape index (κ2) is 4.06. The highest BCUT2D eigenvalue weighted by atomic mass is 79.9. The number of hydrogen-bond donors (Lipinski definition) is 0. The molecular formula is C10H7Br2NO2. The van der Waals surface area contributed by atoms with E-state index in [1.165, 1.54) is 4.90 Å². The first-order chi connectivity index (χ1) is 7.09. The van der Waals surface area contributed by atoms with Crippen LogP contribution in [0.15, 0.2) is 27.1 Å². The number of benzene rings is 1. The highest BCUT2D eigenvalue weighted by Gasteiger charge is 2.31. The fourth-order valence-electron chi connectivity index (χ4n) is 1.50. The van der Waals surface area contributed by atoms with Crippen molar-refractivity contribution in [1.29, 1.82) is 0 Å². The zero-order chi connectivity index (χ0) is 11.0. The Morgan fingerprint density at radius 3 is 2.47 bits per heavy atom. The monoisotopic (exact) mass is 331 g/mol. The number of carbonyl (C=O) groups excluding carboxylic acids is 2. The lowest BCUT2D eigenvalue weighted by Gasteiger charge is -2.16. The van der Waals surface area contributed by atoms with E-state index in [-0.39, 0.29) is 5.78 Å². The van der Waals surface area contributed by atoms with Crippen molar-refractivity contribution in [3.8, 4) is 0 Å². The standard InChI is InChI=1S/C10H7Br2NO2/c11-6-1-2-8(7(12)5-6)13-4-3-9(14)10(13)15/h1-2,5H,3-4H2. The van der Waals surface area contributed by atoms with Crippen LogP contribution in [0.5, 0.6) is 0 Å². The molecule has 3 nitrogen and oxygen atoms in total. The van der Waals surface area contributed by atoms with E-state index >= 15 is 0 Å². The molecule has 0 spiro atoms. The Labute approximate surface area is 104 Å². The summed E-state index contributed by atoms with van der Waals surface area (Å²) in [4.78, 5) is 24.1. The van der Waals surface area contributed by atoms with Crippen LogP contribution in [-0.4, -0.2) is 18.2 Å². The van der Waals surface area contributed by atoms with Gasteiger partial charge in [-0.15, -0.1) is 0 Å². The summed E-state index contributed by atoms with van der Waals surface area (Å²) in [5.41, 5.74) is 0.744. The number of halogens is 2. The Bertz CT molecular complexity index is 445. The quantitative estimate of drug-likeness (QED) is 0.741. The summed E-state index contributed by atoms with van der Waals surface area (Å²) in [7, 11) is 0. The molecule has 1 aliphatic rings. The Kier molecular flexibility index (Phi) is 2.93. The normalized spacial score (nSPS) is 16.3. The molecule has 2 rings (SSSR count). The lowest BCUT2D eigenvalue weighted by atomic mass is 10.3. The first-order valence-electron chi connectivity index (χ1n) is 4.39. The highest BCUT2D eigenvalue weighted by Crippen LogP contribution is 2.31. The van der Waals surface area contributed by atoms with Crippen molar-refractivity contribution >= 4 is 49.2 Å². The molecule has 0 unspecified atom stereocenters. The minimum Gasteiger partial charge on any atom is -0.304 e. The van der Waals surface area contributed by atoms with E-state index in [4.69, 9.17) is 0 Å². The number of ketones is 1. The van der Waals surface area contributed by atoms with E-state index in [1.807, 2.05) is 18.2 Å². The molecule has 1 aliphatic heterocycles. The van der Waals surface area contributed by atoms with E-state index < -0.39 is 5.91 Å². The summed E-state index contributed by atoms with van der Waals surface area (Å²) in [6.07, 6.45) is 0.307. The molecule has 1 aromatic carbocycles. The van der Waals surface area contributed by atoms with E-state index in [9.17, 15) is 9.59 Å². The number of amides is 1. The largest absolute Gasteiger partial charge is 0.304 e. The van der Waals surface area contributed by atoms with Crippen LogP contribution in [0.2, 0.25) is 0 Å². The predicted octanol–water partition coefficient (Wildman–Crippen LogP) is 2.52. The van der Waals surface area contributed by atoms with Crippen LogP contribution in [0.1, 0.15) is 6.42 Å². The van der Waals surface area contributed by atoms with E-state index in [2.05, 4.69) is 31.9 Å². The third-order valence-corrected chi connectivity index (χ3v) is 3.38. The van der Waals surface area contributed by atoms with Gasteiger partial charge in [0.25, 0.3) is 5.91 Å². The summed E-state index contributed by atoms with van der Waals surface area (Å²) in [5.74, 6) is -0.733. The molecule has 0 bridgehead atoms. The molecule has 0 aliphatic carbocycles. The minimum absolute atomic E-state index is 0.307. The van der Waals surface area contributed by atoms with Gasteiger partial charge in [-0.25, -0.2) is 0 Å². The van der Waals surface area contributed by atoms with Crippen molar-refractivity contribution in [1.82, 2.24) is 0 Å². The number of anilines is 1. The van der Waals surface area contributed by atoms with E-state index in [0.717, 1.165) is 14.6 Å². The maximum absolute atomic E-state index is 11.5. The van der Waals surface area contributed by atoms with Crippen molar-refractivity contribution in [2.24, 2.45) is 0 Å². The van der Waals surface area contributed by atoms with Crippen LogP contribution < -0.4 is 4.90 Å². The molecule has 1 aromatic rings. The molecule has 15 heavy (non-hydrogen) atoms. The average molecular weight is 333 g/mol. The molecule has 78 valence electrons. The number of hydrogen-bond acceptors (Lipinski definition) is 2. The van der Waals surface area contributed by atoms with Gasteiger partial charge in [-0.1, -0.05) is 15.9 Å². The summed E-state index contributed by atoms with van der Waals surface area (Å²) >= 11 is 6.70. The highest BCUT2D eigenvalue weighted by molar-refractivity contribution is 9.11. The Hall–Kier alpha value is -0.680. The van der Waals surface area contributed by atoms with Crippen molar-refractivity contribution < 1.29 is 9.59 Å². The summed E-state index contributed by atoms with van der Waals surface area (Å²) in [6, 6.07) is 5.51. The van der Waals surface area contributed by atoms with Crippen molar-refractivity contribution in [2.75, 3.05) is 11.4 Å². The predicted molar refractivity (Wildman–Crippen MR) is 63.8 cm³/mol. The van der Waals surface area contributed by atoms with Gasteiger partial charge in [-0.05, 0) is 34.1 Å². The van der Waals surface area contributed by atoms with Crippen LogP contribution in [0.3, 0.4) is 0 Å². The number of nitrogens with zero attached hydrogens (tertiary/aromatic N) is 1. The first-order valence-corrected chi connectivity index (χ1v) is 5.98. The zero-order valence-electron chi connectivity index (χ0n) is 7.67. The Morgan fingerprint density at radius 2 is 1.93 bits per heavy atom. The van der Waals surface area contributed by atoms with Crippen molar-refractivity contribution in [3.05, 3.63) is 27.1 Å². The first kappa shape index (κ1) is 10.8. The molecule has 1 fully saturated rings. The third kappa shape index (κ3) is 1.99. The molecule has 0 atom stereocenters. The van der Waals surface area contributed by atoms with Crippen LogP contribution in [0.25, 0.3) is 0 Å². The molecule has 0 saturated carbocycles. The van der Waals surface area contributed by atoms with Gasteiger partial charge in [0.15, 0.2) is 0 Å². The van der Waals surface area contributed by atoms with Crippen molar-refractivity contribution in [3.63, 3.8) is 0 Å². The molecule has 0 radical (unpaired) electrons. The van der Waals surface area contributed by atoms with Gasteiger partial charge < -0.3 is 4.90 Å². The summed E-state index contributed by atoms with van der Waals surface area (Å²) in [6.45, 7) is 0.470. The number of rotatable bonds is 1. The molecule has 5 heteroatoms. The van der Waals surface area contributed by atoms with Gasteiger partial charge in [0, 0.05) is 21.9 Å². The van der Waals surface area contributed by atoms with E-state index in [0.29, 0.717) is 13.0 Å². The molecular weight excluding hydrogens is 326 g/mol. The van der Waals surface area contributed by atoms with Gasteiger partial charge >= 0.3 is 0 Å². The van der Waals surface area contributed by atoms with E-state index in [1.54, 1.807) is 0 Å². The second-order valence-corrected chi connectivity index (χ2v) is 5.00. The molecule has 0 N–H and O–H groups in total. The summed E-state index contributed by atoms with van der Waals surface area (Å²) in [5, 5.41) is 0. The maximum atomic E-state index is 11.5. The third-order valence-electron chi connectivity index (χ3n) is 2.25. The lowest BCUT2D eigenvalue weighted by Crippen LogP contribution is -2.27. The van der Waals surface area contributed by atoms with Crippen LogP contribution in [0.4, 0.5) is 5.69 Å². The van der Waals surface area contributed by atoms with Gasteiger partial charge in [-0.3, -0.25) is 9.59 Å². The minimum atomic E-state index is -0.418. The molecule has 1 amide bonds. The van der Waals surface area contributed by atoms with Crippen LogP contribution in [-0.2, 0) is 9.59 Å². The van der Waals surface area contributed by atoms with Gasteiger partial charge in [-0.2, -0.15) is 0 Å². The second-order valence-electron chi connectivity index (χ2n) is 3.23. The molecule has 0 aromatic heterocycles. The SMILES string of the molecule is O=C1CCN(c2ccc(Br)cc2Br)C1=O.